The highest BCUT2D eigenvalue weighted by Crippen LogP contribution is 2.59. The van der Waals surface area contributed by atoms with E-state index in [1.807, 2.05) is 0 Å². The molecular formula is C21H38. The smallest absolute Gasteiger partial charge is 0.0295 e. The van der Waals surface area contributed by atoms with Crippen molar-refractivity contribution in [3.05, 3.63) is 0 Å². The Hall–Kier alpha value is 0. The van der Waals surface area contributed by atoms with Crippen molar-refractivity contribution < 1.29 is 0 Å². The first-order valence-corrected chi connectivity index (χ1v) is 10.1. The summed E-state index contributed by atoms with van der Waals surface area (Å²) in [6.07, 6.45) is 18.2. The third-order valence-corrected chi connectivity index (χ3v) is 7.85. The van der Waals surface area contributed by atoms with Gasteiger partial charge < -0.3 is 0 Å². The molecule has 4 atom stereocenters. The van der Waals surface area contributed by atoms with Gasteiger partial charge in [0.15, 0.2) is 0 Å². The Bertz CT molecular complexity index is 323. The van der Waals surface area contributed by atoms with E-state index in [-0.39, 0.29) is 0 Å². The number of rotatable bonds is 5. The Labute approximate surface area is 133 Å². The molecule has 0 aliphatic heterocycles. The minimum absolute atomic E-state index is 0.623. The maximum absolute atomic E-state index is 2.65. The average Bonchev–Trinajstić information content (AvgIpc) is 3.14. The first-order chi connectivity index (χ1) is 10.1. The molecule has 0 spiro atoms. The molecule has 0 N–H and O–H groups in total. The van der Waals surface area contributed by atoms with E-state index in [0.29, 0.717) is 5.41 Å². The fourth-order valence-electron chi connectivity index (χ4n) is 6.58. The quantitative estimate of drug-likeness (QED) is 0.520. The molecule has 3 saturated carbocycles. The maximum atomic E-state index is 2.65. The molecule has 0 aromatic carbocycles. The van der Waals surface area contributed by atoms with Crippen LogP contribution in [0.4, 0.5) is 0 Å². The topological polar surface area (TPSA) is 0 Å². The van der Waals surface area contributed by atoms with Gasteiger partial charge in [-0.05, 0) is 67.1 Å². The first kappa shape index (κ1) is 15.9. The summed E-state index contributed by atoms with van der Waals surface area (Å²) in [6.45, 7) is 7.68. The van der Waals surface area contributed by atoms with E-state index >= 15 is 0 Å². The van der Waals surface area contributed by atoms with Gasteiger partial charge in [0.1, 0.15) is 0 Å². The summed E-state index contributed by atoms with van der Waals surface area (Å²) in [5.74, 6) is 5.37. The summed E-state index contributed by atoms with van der Waals surface area (Å²) >= 11 is 0. The summed E-state index contributed by atoms with van der Waals surface area (Å²) in [4.78, 5) is 0. The average molecular weight is 291 g/mol. The molecule has 122 valence electrons. The maximum Gasteiger partial charge on any atom is -0.0295 e. The highest BCUT2D eigenvalue weighted by atomic mass is 14.6. The molecule has 3 aliphatic rings. The van der Waals surface area contributed by atoms with Gasteiger partial charge in [-0.15, -0.1) is 0 Å². The molecule has 0 heteroatoms. The van der Waals surface area contributed by atoms with Gasteiger partial charge in [0.25, 0.3) is 0 Å². The predicted molar refractivity (Wildman–Crippen MR) is 92.3 cm³/mol. The lowest BCUT2D eigenvalue weighted by molar-refractivity contribution is 0.0623. The second-order valence-electron chi connectivity index (χ2n) is 9.16. The predicted octanol–water partition coefficient (Wildman–Crippen LogP) is 6.84. The van der Waals surface area contributed by atoms with Crippen LogP contribution in [0.3, 0.4) is 0 Å². The second-order valence-corrected chi connectivity index (χ2v) is 9.16. The lowest BCUT2D eigenvalue weighted by Gasteiger charge is -2.43. The van der Waals surface area contributed by atoms with Crippen LogP contribution >= 0.6 is 0 Å². The van der Waals surface area contributed by atoms with Crippen molar-refractivity contribution in [3.8, 4) is 0 Å². The van der Waals surface area contributed by atoms with Crippen molar-refractivity contribution >= 4 is 0 Å². The zero-order valence-electron chi connectivity index (χ0n) is 14.9. The third-order valence-electron chi connectivity index (χ3n) is 7.85. The molecule has 21 heavy (non-hydrogen) atoms. The van der Waals surface area contributed by atoms with Crippen molar-refractivity contribution in [2.24, 2.45) is 35.0 Å². The minimum Gasteiger partial charge on any atom is -0.0654 e. The van der Waals surface area contributed by atoms with E-state index in [1.165, 1.54) is 57.8 Å². The monoisotopic (exact) mass is 290 g/mol. The molecule has 3 fully saturated rings. The van der Waals surface area contributed by atoms with E-state index < -0.39 is 0 Å². The molecule has 0 bridgehead atoms. The van der Waals surface area contributed by atoms with Crippen LogP contribution in [-0.4, -0.2) is 0 Å². The highest BCUT2D eigenvalue weighted by molar-refractivity contribution is 5.00. The Balaban J connectivity index is 1.74. The van der Waals surface area contributed by atoms with Crippen LogP contribution in [0.2, 0.25) is 0 Å². The van der Waals surface area contributed by atoms with Crippen molar-refractivity contribution in [2.75, 3.05) is 0 Å². The van der Waals surface area contributed by atoms with E-state index in [0.717, 1.165) is 29.6 Å². The van der Waals surface area contributed by atoms with Crippen LogP contribution in [0.25, 0.3) is 0 Å². The van der Waals surface area contributed by atoms with Crippen LogP contribution in [0.1, 0.15) is 97.8 Å². The van der Waals surface area contributed by atoms with Gasteiger partial charge in [0.05, 0.1) is 0 Å². The van der Waals surface area contributed by atoms with Gasteiger partial charge in [-0.2, -0.15) is 0 Å². The fourth-order valence-corrected chi connectivity index (χ4v) is 6.58. The molecule has 0 heterocycles. The van der Waals surface area contributed by atoms with Crippen molar-refractivity contribution in [3.63, 3.8) is 0 Å². The zero-order chi connectivity index (χ0) is 14.9. The number of fused-ring (bicyclic) bond motifs is 1. The SMILES string of the molecule is CCCCC1CC(C(C)(C)C2CCCC2)C2CCCCC12. The Morgan fingerprint density at radius 2 is 1.48 bits per heavy atom. The molecule has 0 aromatic heterocycles. The van der Waals surface area contributed by atoms with Gasteiger partial charge in [0.2, 0.25) is 0 Å². The standard InChI is InChI=1S/C21H38/c1-4-5-10-16-15-20(19-14-9-8-13-18(16)19)21(2,3)17-11-6-7-12-17/h16-20H,4-15H2,1-3H3. The molecule has 0 nitrogen and oxygen atoms in total. The molecule has 3 rings (SSSR count). The van der Waals surface area contributed by atoms with E-state index in [4.69, 9.17) is 0 Å². The molecule has 3 aliphatic carbocycles. The van der Waals surface area contributed by atoms with Crippen LogP contribution < -0.4 is 0 Å². The highest BCUT2D eigenvalue weighted by Gasteiger charge is 2.51. The largest absolute Gasteiger partial charge is 0.0654 e. The summed E-state index contributed by atoms with van der Waals surface area (Å²) in [5, 5.41) is 0. The molecule has 0 amide bonds. The zero-order valence-corrected chi connectivity index (χ0v) is 14.9. The van der Waals surface area contributed by atoms with Crippen LogP contribution in [-0.2, 0) is 0 Å². The minimum atomic E-state index is 0.623. The summed E-state index contributed by atoms with van der Waals surface area (Å²) < 4.78 is 0. The first-order valence-electron chi connectivity index (χ1n) is 10.1. The lowest BCUT2D eigenvalue weighted by atomic mass is 9.62. The second kappa shape index (κ2) is 6.63. The van der Waals surface area contributed by atoms with Crippen LogP contribution in [0.15, 0.2) is 0 Å². The normalized spacial score (nSPS) is 37.9. The third kappa shape index (κ3) is 3.06. The van der Waals surface area contributed by atoms with Gasteiger partial charge in [-0.3, -0.25) is 0 Å². The molecule has 0 saturated heterocycles. The Morgan fingerprint density at radius 3 is 2.14 bits per heavy atom. The Morgan fingerprint density at radius 1 is 0.857 bits per heavy atom. The van der Waals surface area contributed by atoms with Crippen molar-refractivity contribution in [1.29, 1.82) is 0 Å². The van der Waals surface area contributed by atoms with Gasteiger partial charge in [-0.25, -0.2) is 0 Å². The van der Waals surface area contributed by atoms with Gasteiger partial charge in [0, 0.05) is 0 Å². The lowest BCUT2D eigenvalue weighted by Crippen LogP contribution is -2.35. The molecule has 0 radical (unpaired) electrons. The van der Waals surface area contributed by atoms with Gasteiger partial charge >= 0.3 is 0 Å². The molecular weight excluding hydrogens is 252 g/mol. The van der Waals surface area contributed by atoms with Gasteiger partial charge in [-0.1, -0.05) is 65.7 Å². The Kier molecular flexibility index (Phi) is 5.01. The van der Waals surface area contributed by atoms with E-state index in [2.05, 4.69) is 20.8 Å². The van der Waals surface area contributed by atoms with Crippen molar-refractivity contribution in [2.45, 2.75) is 97.8 Å². The molecule has 4 unspecified atom stereocenters. The van der Waals surface area contributed by atoms with Crippen LogP contribution in [0, 0.1) is 35.0 Å². The van der Waals surface area contributed by atoms with Crippen LogP contribution in [0.5, 0.6) is 0 Å². The summed E-state index contributed by atoms with van der Waals surface area (Å²) in [5.41, 5.74) is 0.623. The summed E-state index contributed by atoms with van der Waals surface area (Å²) in [7, 11) is 0. The fraction of sp³-hybridized carbons (Fsp3) is 1.00. The van der Waals surface area contributed by atoms with E-state index in [9.17, 15) is 0 Å². The van der Waals surface area contributed by atoms with E-state index in [1.54, 1.807) is 19.3 Å². The van der Waals surface area contributed by atoms with Crippen molar-refractivity contribution in [1.82, 2.24) is 0 Å². The number of hydrogen-bond acceptors (Lipinski definition) is 0. The summed E-state index contributed by atoms with van der Waals surface area (Å²) in [6, 6.07) is 0. The number of unbranched alkanes of at least 4 members (excludes halogenated alkanes) is 1. The number of hydrogen-bond donors (Lipinski definition) is 0. The molecule has 0 aromatic rings.